The number of rotatable bonds is 7. The molecule has 102 valence electrons. The van der Waals surface area contributed by atoms with Crippen LogP contribution in [-0.4, -0.2) is 23.0 Å². The van der Waals surface area contributed by atoms with Crippen LogP contribution in [0, 0.1) is 0 Å². The Kier molecular flexibility index (Phi) is 5.82. The fourth-order valence-electron chi connectivity index (χ4n) is 1.85. The molecular weight excluding hydrogens is 274 g/mol. The van der Waals surface area contributed by atoms with E-state index >= 15 is 0 Å². The van der Waals surface area contributed by atoms with Crippen LogP contribution in [0.4, 0.5) is 0 Å². The van der Waals surface area contributed by atoms with Gasteiger partial charge in [-0.3, -0.25) is 0 Å². The summed E-state index contributed by atoms with van der Waals surface area (Å²) in [5.41, 5.74) is 1.25. The Morgan fingerprint density at radius 3 is 2.74 bits per heavy atom. The van der Waals surface area contributed by atoms with Crippen molar-refractivity contribution >= 4 is 23.1 Å². The lowest BCUT2D eigenvalue weighted by molar-refractivity contribution is 0.591. The zero-order valence-corrected chi connectivity index (χ0v) is 12.9. The zero-order chi connectivity index (χ0) is 13.5. The Labute approximate surface area is 122 Å². The van der Waals surface area contributed by atoms with Crippen LogP contribution >= 0.6 is 23.1 Å². The first-order chi connectivity index (χ1) is 9.35. The molecule has 19 heavy (non-hydrogen) atoms. The van der Waals surface area contributed by atoms with Gasteiger partial charge in [0.05, 0.1) is 6.04 Å². The fourth-order valence-corrected chi connectivity index (χ4v) is 3.48. The molecule has 0 aliphatic carbocycles. The van der Waals surface area contributed by atoms with Crippen molar-refractivity contribution in [3.05, 3.63) is 45.9 Å². The van der Waals surface area contributed by atoms with Gasteiger partial charge in [0.1, 0.15) is 10.0 Å². The van der Waals surface area contributed by atoms with Crippen molar-refractivity contribution in [3.8, 4) is 0 Å². The molecule has 1 N–H and O–H groups in total. The van der Waals surface area contributed by atoms with Crippen LogP contribution in [0.25, 0.3) is 0 Å². The highest BCUT2D eigenvalue weighted by molar-refractivity contribution is 7.97. The molecule has 0 saturated carbocycles. The largest absolute Gasteiger partial charge is 0.304 e. The van der Waals surface area contributed by atoms with Gasteiger partial charge in [-0.25, -0.2) is 0 Å². The molecule has 2 aromatic rings. The highest BCUT2D eigenvalue weighted by Gasteiger charge is 2.17. The van der Waals surface area contributed by atoms with Gasteiger partial charge in [-0.1, -0.05) is 48.6 Å². The van der Waals surface area contributed by atoms with E-state index in [1.165, 1.54) is 5.56 Å². The Bertz CT molecular complexity index is 484. The second kappa shape index (κ2) is 7.62. The van der Waals surface area contributed by atoms with Crippen molar-refractivity contribution in [2.75, 3.05) is 12.8 Å². The van der Waals surface area contributed by atoms with Crippen molar-refractivity contribution in [1.29, 1.82) is 0 Å². The molecule has 1 aromatic heterocycles. The summed E-state index contributed by atoms with van der Waals surface area (Å²) in [6, 6.07) is 10.6. The van der Waals surface area contributed by atoms with Crippen molar-refractivity contribution in [2.24, 2.45) is 0 Å². The predicted octanol–water partition coefficient (Wildman–Crippen LogP) is 3.49. The molecule has 0 aliphatic rings. The molecule has 1 heterocycles. The van der Waals surface area contributed by atoms with Gasteiger partial charge < -0.3 is 5.32 Å². The standard InChI is InChI=1S/C14H19N3S2/c1-3-9-15-13(11-7-5-4-6-8-11)14-17-16-12(19-14)10-18-2/h4-8,13,15H,3,9-10H2,1-2H3. The number of hydrogen-bond donors (Lipinski definition) is 1. The molecule has 0 spiro atoms. The van der Waals surface area contributed by atoms with Gasteiger partial charge in [0.15, 0.2) is 0 Å². The molecule has 0 fully saturated rings. The maximum atomic E-state index is 4.36. The van der Waals surface area contributed by atoms with Crippen molar-refractivity contribution < 1.29 is 0 Å². The first kappa shape index (κ1) is 14.5. The Morgan fingerprint density at radius 2 is 2.05 bits per heavy atom. The number of aromatic nitrogens is 2. The minimum Gasteiger partial charge on any atom is -0.304 e. The Hall–Kier alpha value is -0.910. The van der Waals surface area contributed by atoms with Crippen LogP contribution in [0.5, 0.6) is 0 Å². The molecule has 3 nitrogen and oxygen atoms in total. The van der Waals surface area contributed by atoms with E-state index in [-0.39, 0.29) is 6.04 Å². The summed E-state index contributed by atoms with van der Waals surface area (Å²) >= 11 is 3.49. The van der Waals surface area contributed by atoms with E-state index in [2.05, 4.69) is 53.0 Å². The summed E-state index contributed by atoms with van der Waals surface area (Å²) in [4.78, 5) is 0. The normalized spacial score (nSPS) is 12.5. The summed E-state index contributed by atoms with van der Waals surface area (Å²) in [5.74, 6) is 0.937. The summed E-state index contributed by atoms with van der Waals surface area (Å²) in [6.45, 7) is 3.16. The molecule has 1 unspecified atom stereocenters. The van der Waals surface area contributed by atoms with Gasteiger partial charge in [0, 0.05) is 5.75 Å². The van der Waals surface area contributed by atoms with Crippen LogP contribution in [0.15, 0.2) is 30.3 Å². The van der Waals surface area contributed by atoms with Crippen LogP contribution in [0.1, 0.15) is 35.0 Å². The predicted molar refractivity (Wildman–Crippen MR) is 83.7 cm³/mol. The van der Waals surface area contributed by atoms with Gasteiger partial charge in [0.25, 0.3) is 0 Å². The van der Waals surface area contributed by atoms with E-state index in [1.807, 2.05) is 6.07 Å². The third kappa shape index (κ3) is 4.03. The van der Waals surface area contributed by atoms with Crippen LogP contribution in [0.2, 0.25) is 0 Å². The van der Waals surface area contributed by atoms with Gasteiger partial charge in [-0.15, -0.1) is 10.2 Å². The Morgan fingerprint density at radius 1 is 1.26 bits per heavy atom. The Balaban J connectivity index is 2.21. The smallest absolute Gasteiger partial charge is 0.139 e. The molecule has 0 radical (unpaired) electrons. The minimum atomic E-state index is 0.161. The quantitative estimate of drug-likeness (QED) is 0.848. The third-order valence-electron chi connectivity index (χ3n) is 2.73. The second-order valence-electron chi connectivity index (χ2n) is 4.26. The van der Waals surface area contributed by atoms with Gasteiger partial charge in [-0.2, -0.15) is 11.8 Å². The van der Waals surface area contributed by atoms with E-state index < -0.39 is 0 Å². The summed E-state index contributed by atoms with van der Waals surface area (Å²) < 4.78 is 0. The third-order valence-corrected chi connectivity index (χ3v) is 4.46. The molecule has 2 rings (SSSR count). The average molecular weight is 293 g/mol. The SMILES string of the molecule is CCCNC(c1ccccc1)c1nnc(CSC)s1. The average Bonchev–Trinajstić information content (AvgIpc) is 2.89. The van der Waals surface area contributed by atoms with E-state index in [1.54, 1.807) is 23.1 Å². The number of benzene rings is 1. The number of thioether (sulfide) groups is 1. The number of hydrogen-bond acceptors (Lipinski definition) is 5. The number of nitrogens with zero attached hydrogens (tertiary/aromatic N) is 2. The molecule has 0 aliphatic heterocycles. The van der Waals surface area contributed by atoms with E-state index in [0.717, 1.165) is 28.7 Å². The molecular formula is C14H19N3S2. The number of nitrogens with one attached hydrogen (secondary N) is 1. The molecule has 5 heteroatoms. The highest BCUT2D eigenvalue weighted by atomic mass is 32.2. The topological polar surface area (TPSA) is 37.8 Å². The van der Waals surface area contributed by atoms with Crippen molar-refractivity contribution in [3.63, 3.8) is 0 Å². The summed E-state index contributed by atoms with van der Waals surface area (Å²) in [5, 5.41) is 14.3. The maximum absolute atomic E-state index is 4.36. The fraction of sp³-hybridized carbons (Fsp3) is 0.429. The lowest BCUT2D eigenvalue weighted by Gasteiger charge is -2.15. The van der Waals surface area contributed by atoms with Crippen molar-refractivity contribution in [1.82, 2.24) is 15.5 Å². The molecule has 1 aromatic carbocycles. The van der Waals surface area contributed by atoms with Gasteiger partial charge in [-0.05, 0) is 24.8 Å². The van der Waals surface area contributed by atoms with Gasteiger partial charge in [0.2, 0.25) is 0 Å². The zero-order valence-electron chi connectivity index (χ0n) is 11.3. The van der Waals surface area contributed by atoms with Gasteiger partial charge >= 0.3 is 0 Å². The highest BCUT2D eigenvalue weighted by Crippen LogP contribution is 2.26. The lowest BCUT2D eigenvalue weighted by Crippen LogP contribution is -2.23. The molecule has 0 bridgehead atoms. The monoisotopic (exact) mass is 293 g/mol. The van der Waals surface area contributed by atoms with Crippen LogP contribution in [-0.2, 0) is 5.75 Å². The van der Waals surface area contributed by atoms with Crippen molar-refractivity contribution in [2.45, 2.75) is 25.1 Å². The molecule has 0 amide bonds. The minimum absolute atomic E-state index is 0.161. The maximum Gasteiger partial charge on any atom is 0.139 e. The first-order valence-corrected chi connectivity index (χ1v) is 8.65. The van der Waals surface area contributed by atoms with E-state index in [0.29, 0.717) is 0 Å². The first-order valence-electron chi connectivity index (χ1n) is 6.44. The lowest BCUT2D eigenvalue weighted by atomic mass is 10.1. The molecule has 1 atom stereocenters. The van der Waals surface area contributed by atoms with E-state index in [9.17, 15) is 0 Å². The summed E-state index contributed by atoms with van der Waals surface area (Å²) in [7, 11) is 0. The second-order valence-corrected chi connectivity index (χ2v) is 6.22. The van der Waals surface area contributed by atoms with E-state index in [4.69, 9.17) is 0 Å². The summed E-state index contributed by atoms with van der Waals surface area (Å²) in [6.07, 6.45) is 3.20. The molecule has 0 saturated heterocycles. The van der Waals surface area contributed by atoms with Crippen LogP contribution in [0.3, 0.4) is 0 Å². The van der Waals surface area contributed by atoms with Crippen LogP contribution < -0.4 is 5.32 Å².